The molecule has 0 bridgehead atoms. The van der Waals surface area contributed by atoms with E-state index >= 15 is 0 Å². The van der Waals surface area contributed by atoms with Gasteiger partial charge in [0, 0.05) is 5.69 Å². The smallest absolute Gasteiger partial charge is 0.320 e. The minimum absolute atomic E-state index is 0.393. The molecule has 1 aromatic carbocycles. The van der Waals surface area contributed by atoms with Crippen molar-refractivity contribution in [3.8, 4) is 0 Å². The molecule has 3 N–H and O–H groups in total. The highest BCUT2D eigenvalue weighted by molar-refractivity contribution is 6.02. The van der Waals surface area contributed by atoms with Gasteiger partial charge in [-0.25, -0.2) is 9.89 Å². The van der Waals surface area contributed by atoms with Crippen LogP contribution in [0.25, 0.3) is 0 Å². The largest absolute Gasteiger partial charge is 0.342 e. The second-order valence-electron chi connectivity index (χ2n) is 3.68. The number of aryl methyl sites for hydroxylation is 1. The van der Waals surface area contributed by atoms with E-state index in [-0.39, 0.29) is 0 Å². The van der Waals surface area contributed by atoms with Crippen LogP contribution in [0.2, 0.25) is 0 Å². The first kappa shape index (κ1) is 11.8. The van der Waals surface area contributed by atoms with Gasteiger partial charge in [0.05, 0.1) is 0 Å². The minimum Gasteiger partial charge on any atom is -0.320 e. The number of carbonyl (C=O) groups is 1. The van der Waals surface area contributed by atoms with Crippen molar-refractivity contribution < 1.29 is 4.79 Å². The Hall–Kier alpha value is -2.70. The number of nitrogens with one attached hydrogen (secondary N) is 3. The third kappa shape index (κ3) is 2.51. The molecule has 0 fully saturated rings. The predicted molar refractivity (Wildman–Crippen MR) is 64.6 cm³/mol. The number of hydrogen-bond acceptors (Lipinski definition) is 4. The molecule has 18 heavy (non-hydrogen) atoms. The summed E-state index contributed by atoms with van der Waals surface area (Å²) in [6.45, 7) is 1.92. The Labute approximate surface area is 101 Å². The molecule has 0 atom stereocenters. The SMILES string of the molecule is Cc1ccc(NC(=O)c2n[nH]c(=O)[nH]c2=O)cc1. The highest BCUT2D eigenvalue weighted by Crippen LogP contribution is 2.08. The molecule has 7 nitrogen and oxygen atoms in total. The molecule has 0 spiro atoms. The van der Waals surface area contributed by atoms with Gasteiger partial charge in [-0.15, -0.1) is 0 Å². The van der Waals surface area contributed by atoms with E-state index < -0.39 is 22.9 Å². The summed E-state index contributed by atoms with van der Waals surface area (Å²) in [5, 5.41) is 7.89. The van der Waals surface area contributed by atoms with Crippen LogP contribution in [0.15, 0.2) is 33.9 Å². The summed E-state index contributed by atoms with van der Waals surface area (Å²) >= 11 is 0. The number of rotatable bonds is 2. The lowest BCUT2D eigenvalue weighted by Gasteiger charge is -2.03. The van der Waals surface area contributed by atoms with Crippen molar-refractivity contribution in [2.75, 3.05) is 5.32 Å². The van der Waals surface area contributed by atoms with Crippen LogP contribution in [-0.2, 0) is 0 Å². The molecule has 0 saturated heterocycles. The Morgan fingerprint density at radius 2 is 1.89 bits per heavy atom. The van der Waals surface area contributed by atoms with E-state index in [2.05, 4.69) is 10.4 Å². The predicted octanol–water partition coefficient (Wildman–Crippen LogP) is 0.0189. The number of benzene rings is 1. The van der Waals surface area contributed by atoms with E-state index in [4.69, 9.17) is 0 Å². The van der Waals surface area contributed by atoms with Gasteiger partial charge < -0.3 is 5.32 Å². The molecule has 0 unspecified atom stereocenters. The van der Waals surface area contributed by atoms with E-state index in [0.717, 1.165) is 5.56 Å². The Morgan fingerprint density at radius 1 is 1.22 bits per heavy atom. The number of aromatic amines is 2. The standard InChI is InChI=1S/C11H10N4O3/c1-6-2-4-7(5-3-6)12-9(16)8-10(17)13-11(18)15-14-8/h2-5H,1H3,(H,12,16)(H2,13,15,17,18). The fourth-order valence-electron chi connectivity index (χ4n) is 1.33. The lowest BCUT2D eigenvalue weighted by Crippen LogP contribution is -2.32. The zero-order valence-corrected chi connectivity index (χ0v) is 9.48. The zero-order chi connectivity index (χ0) is 13.1. The van der Waals surface area contributed by atoms with Crippen molar-refractivity contribution in [1.29, 1.82) is 0 Å². The average molecular weight is 246 g/mol. The first-order valence-electron chi connectivity index (χ1n) is 5.13. The third-order valence-corrected chi connectivity index (χ3v) is 2.24. The van der Waals surface area contributed by atoms with Gasteiger partial charge in [0.1, 0.15) is 0 Å². The summed E-state index contributed by atoms with van der Waals surface area (Å²) in [4.78, 5) is 35.7. The molecule has 0 aliphatic carbocycles. The Morgan fingerprint density at radius 3 is 2.50 bits per heavy atom. The van der Waals surface area contributed by atoms with Gasteiger partial charge in [-0.1, -0.05) is 17.7 Å². The number of carbonyl (C=O) groups excluding carboxylic acids is 1. The third-order valence-electron chi connectivity index (χ3n) is 2.24. The molecule has 0 radical (unpaired) electrons. The lowest BCUT2D eigenvalue weighted by molar-refractivity contribution is 0.101. The van der Waals surface area contributed by atoms with E-state index in [1.54, 1.807) is 12.1 Å². The quantitative estimate of drug-likeness (QED) is 0.694. The van der Waals surface area contributed by atoms with Crippen LogP contribution in [0, 0.1) is 6.92 Å². The molecule has 0 saturated carbocycles. The number of H-pyrrole nitrogens is 2. The molecule has 1 aromatic heterocycles. The van der Waals surface area contributed by atoms with Crippen LogP contribution in [-0.4, -0.2) is 21.1 Å². The van der Waals surface area contributed by atoms with Gasteiger partial charge in [0.2, 0.25) is 5.69 Å². The fourth-order valence-corrected chi connectivity index (χ4v) is 1.33. The van der Waals surface area contributed by atoms with Crippen LogP contribution in [0.3, 0.4) is 0 Å². The maximum Gasteiger partial charge on any atom is 0.342 e. The van der Waals surface area contributed by atoms with E-state index in [0.29, 0.717) is 5.69 Å². The summed E-state index contributed by atoms with van der Waals surface area (Å²) in [5.41, 5.74) is -0.392. The zero-order valence-electron chi connectivity index (χ0n) is 9.48. The second kappa shape index (κ2) is 4.66. The molecule has 7 heteroatoms. The van der Waals surface area contributed by atoms with Gasteiger partial charge in [-0.3, -0.25) is 14.6 Å². The molecular weight excluding hydrogens is 236 g/mol. The Bertz CT molecular complexity index is 684. The van der Waals surface area contributed by atoms with Crippen molar-refractivity contribution in [3.05, 3.63) is 56.4 Å². The van der Waals surface area contributed by atoms with Gasteiger partial charge in [-0.05, 0) is 19.1 Å². The number of nitrogens with zero attached hydrogens (tertiary/aromatic N) is 1. The van der Waals surface area contributed by atoms with E-state index in [9.17, 15) is 14.4 Å². The van der Waals surface area contributed by atoms with Gasteiger partial charge in [0.25, 0.3) is 11.5 Å². The summed E-state index contributed by atoms with van der Waals surface area (Å²) < 4.78 is 0. The topological polar surface area (TPSA) is 108 Å². The summed E-state index contributed by atoms with van der Waals surface area (Å²) in [6.07, 6.45) is 0. The lowest BCUT2D eigenvalue weighted by atomic mass is 10.2. The highest BCUT2D eigenvalue weighted by Gasteiger charge is 2.12. The van der Waals surface area contributed by atoms with Crippen LogP contribution < -0.4 is 16.6 Å². The number of amides is 1. The average Bonchev–Trinajstić information content (AvgIpc) is 2.32. The molecule has 2 rings (SSSR count). The van der Waals surface area contributed by atoms with Crippen LogP contribution in [0.5, 0.6) is 0 Å². The minimum atomic E-state index is -0.830. The maximum absolute atomic E-state index is 11.7. The number of aromatic nitrogens is 3. The van der Waals surface area contributed by atoms with Gasteiger partial charge >= 0.3 is 5.69 Å². The maximum atomic E-state index is 11.7. The molecule has 2 aromatic rings. The van der Waals surface area contributed by atoms with Crippen molar-refractivity contribution in [2.45, 2.75) is 6.92 Å². The van der Waals surface area contributed by atoms with Crippen LogP contribution >= 0.6 is 0 Å². The Kier molecular flexibility index (Phi) is 3.05. The molecule has 0 aliphatic rings. The first-order chi connectivity index (χ1) is 8.56. The normalized spacial score (nSPS) is 10.1. The van der Waals surface area contributed by atoms with Gasteiger partial charge in [-0.2, -0.15) is 5.10 Å². The molecule has 92 valence electrons. The molecule has 1 heterocycles. The van der Waals surface area contributed by atoms with Gasteiger partial charge in [0.15, 0.2) is 0 Å². The van der Waals surface area contributed by atoms with Crippen molar-refractivity contribution >= 4 is 11.6 Å². The summed E-state index contributed by atoms with van der Waals surface area (Å²) in [7, 11) is 0. The van der Waals surface area contributed by atoms with E-state index in [1.807, 2.05) is 29.1 Å². The Balaban J connectivity index is 2.24. The van der Waals surface area contributed by atoms with Crippen LogP contribution in [0.4, 0.5) is 5.69 Å². The van der Waals surface area contributed by atoms with Crippen molar-refractivity contribution in [2.24, 2.45) is 0 Å². The number of hydrogen-bond donors (Lipinski definition) is 3. The van der Waals surface area contributed by atoms with E-state index in [1.165, 1.54) is 0 Å². The van der Waals surface area contributed by atoms with Crippen LogP contribution in [0.1, 0.15) is 16.1 Å². The molecular formula is C11H10N4O3. The second-order valence-corrected chi connectivity index (χ2v) is 3.68. The monoisotopic (exact) mass is 246 g/mol. The van der Waals surface area contributed by atoms with Crippen molar-refractivity contribution in [1.82, 2.24) is 15.2 Å². The summed E-state index contributed by atoms with van der Waals surface area (Å²) in [6, 6.07) is 7.04. The molecule has 1 amide bonds. The fraction of sp³-hybridized carbons (Fsp3) is 0.0909. The summed E-state index contributed by atoms with van der Waals surface area (Å²) in [5.74, 6) is -0.684. The number of anilines is 1. The van der Waals surface area contributed by atoms with Crippen molar-refractivity contribution in [3.63, 3.8) is 0 Å². The highest BCUT2D eigenvalue weighted by atomic mass is 16.2. The molecule has 0 aliphatic heterocycles. The first-order valence-corrected chi connectivity index (χ1v) is 5.13.